The number of hydrogen-bond donors (Lipinski definition) is 0. The highest BCUT2D eigenvalue weighted by atomic mass is 16.5. The number of ether oxygens (including phenoxy) is 1. The summed E-state index contributed by atoms with van der Waals surface area (Å²) in [4.78, 5) is 4.39. The van der Waals surface area contributed by atoms with Crippen LogP contribution in [0.4, 0.5) is 0 Å². The average Bonchev–Trinajstić information content (AvgIpc) is 2.78. The van der Waals surface area contributed by atoms with Crippen molar-refractivity contribution in [3.63, 3.8) is 0 Å². The molecule has 0 bridgehead atoms. The summed E-state index contributed by atoms with van der Waals surface area (Å²) in [6.45, 7) is 6.83. The van der Waals surface area contributed by atoms with Gasteiger partial charge in [0.05, 0.1) is 11.6 Å². The van der Waals surface area contributed by atoms with Gasteiger partial charge in [-0.15, -0.1) is 0 Å². The minimum Gasteiger partial charge on any atom is -0.445 e. The molecule has 3 heteroatoms. The number of nitrogens with zero attached hydrogens (tertiary/aromatic N) is 2. The third kappa shape index (κ3) is 2.78. The number of nitriles is 1. The minimum atomic E-state index is -0.0553. The first kappa shape index (κ1) is 12.4. The van der Waals surface area contributed by atoms with Gasteiger partial charge in [-0.05, 0) is 23.8 Å². The van der Waals surface area contributed by atoms with Gasteiger partial charge in [0.1, 0.15) is 12.3 Å². The van der Waals surface area contributed by atoms with Crippen molar-refractivity contribution in [2.24, 2.45) is 10.4 Å². The molecular formula is C15H16N2O. The molecule has 2 rings (SSSR count). The summed E-state index contributed by atoms with van der Waals surface area (Å²) in [5, 5.41) is 8.73. The molecule has 92 valence electrons. The van der Waals surface area contributed by atoms with Gasteiger partial charge in [0, 0.05) is 5.41 Å². The maximum Gasteiger partial charge on any atom is 0.195 e. The Morgan fingerprint density at radius 1 is 1.28 bits per heavy atom. The normalized spacial score (nSPS) is 17.2. The van der Waals surface area contributed by atoms with Gasteiger partial charge < -0.3 is 4.74 Å². The van der Waals surface area contributed by atoms with Crippen LogP contribution in [0.1, 0.15) is 31.9 Å². The van der Waals surface area contributed by atoms with Crippen LogP contribution in [-0.4, -0.2) is 12.4 Å². The second kappa shape index (κ2) is 4.66. The maximum absolute atomic E-state index is 8.73. The van der Waals surface area contributed by atoms with Crippen LogP contribution in [0.15, 0.2) is 35.0 Å². The molecular weight excluding hydrogens is 224 g/mol. The summed E-state index contributed by atoms with van der Waals surface area (Å²) in [5.41, 5.74) is 1.63. The Balaban J connectivity index is 2.11. The monoisotopic (exact) mass is 240 g/mol. The van der Waals surface area contributed by atoms with Crippen LogP contribution in [0.5, 0.6) is 0 Å². The Morgan fingerprint density at radius 3 is 2.44 bits per heavy atom. The van der Waals surface area contributed by atoms with Gasteiger partial charge in [0.25, 0.3) is 0 Å². The molecule has 0 aromatic heterocycles. The molecule has 0 unspecified atom stereocenters. The van der Waals surface area contributed by atoms with E-state index in [1.54, 1.807) is 12.1 Å². The quantitative estimate of drug-likeness (QED) is 0.755. The van der Waals surface area contributed by atoms with Crippen LogP contribution in [-0.2, 0) is 4.74 Å². The van der Waals surface area contributed by atoms with E-state index in [4.69, 9.17) is 10.00 Å². The number of hydrogen-bond acceptors (Lipinski definition) is 3. The molecule has 1 aliphatic rings. The van der Waals surface area contributed by atoms with E-state index >= 15 is 0 Å². The summed E-state index contributed by atoms with van der Waals surface area (Å²) < 4.78 is 5.73. The van der Waals surface area contributed by atoms with Crippen LogP contribution < -0.4 is 0 Å². The SMILES string of the molecule is CC(C)(C)C1=NC/C(=C/c2ccc(C#N)cc2)O1. The zero-order valence-electron chi connectivity index (χ0n) is 10.9. The van der Waals surface area contributed by atoms with Gasteiger partial charge in [0.15, 0.2) is 5.90 Å². The van der Waals surface area contributed by atoms with Crippen LogP contribution in [0.3, 0.4) is 0 Å². The third-order valence-electron chi connectivity index (χ3n) is 2.62. The van der Waals surface area contributed by atoms with E-state index in [2.05, 4.69) is 31.8 Å². The van der Waals surface area contributed by atoms with E-state index in [0.717, 1.165) is 17.2 Å². The number of aliphatic imine (C=N–C) groups is 1. The van der Waals surface area contributed by atoms with Gasteiger partial charge >= 0.3 is 0 Å². The van der Waals surface area contributed by atoms with E-state index in [0.29, 0.717) is 12.1 Å². The van der Waals surface area contributed by atoms with Crippen molar-refractivity contribution in [3.8, 4) is 6.07 Å². The molecule has 1 aromatic carbocycles. The zero-order valence-corrected chi connectivity index (χ0v) is 10.9. The Hall–Kier alpha value is -2.08. The van der Waals surface area contributed by atoms with Crippen LogP contribution in [0.2, 0.25) is 0 Å². The average molecular weight is 240 g/mol. The molecule has 0 fully saturated rings. The largest absolute Gasteiger partial charge is 0.445 e. The van der Waals surface area contributed by atoms with E-state index in [1.807, 2.05) is 18.2 Å². The molecule has 0 saturated heterocycles. The first-order chi connectivity index (χ1) is 8.49. The Morgan fingerprint density at radius 2 is 1.94 bits per heavy atom. The highest BCUT2D eigenvalue weighted by Gasteiger charge is 2.25. The Kier molecular flexibility index (Phi) is 3.20. The highest BCUT2D eigenvalue weighted by molar-refractivity contribution is 5.85. The maximum atomic E-state index is 8.73. The molecule has 0 spiro atoms. The lowest BCUT2D eigenvalue weighted by Gasteiger charge is -2.17. The van der Waals surface area contributed by atoms with E-state index < -0.39 is 0 Å². The van der Waals surface area contributed by atoms with Gasteiger partial charge in [-0.3, -0.25) is 0 Å². The topological polar surface area (TPSA) is 45.4 Å². The zero-order chi connectivity index (χ0) is 13.2. The third-order valence-corrected chi connectivity index (χ3v) is 2.62. The fraction of sp³-hybridized carbons (Fsp3) is 0.333. The summed E-state index contributed by atoms with van der Waals surface area (Å²) in [6.07, 6.45) is 1.96. The Bertz CT molecular complexity index is 539. The molecule has 18 heavy (non-hydrogen) atoms. The lowest BCUT2D eigenvalue weighted by Crippen LogP contribution is -2.19. The van der Waals surface area contributed by atoms with E-state index in [9.17, 15) is 0 Å². The van der Waals surface area contributed by atoms with Crippen molar-refractivity contribution in [1.29, 1.82) is 5.26 Å². The fourth-order valence-corrected chi connectivity index (χ4v) is 1.64. The molecule has 1 aliphatic heterocycles. The Labute approximate surface area is 107 Å². The number of benzene rings is 1. The van der Waals surface area contributed by atoms with Gasteiger partial charge in [-0.1, -0.05) is 32.9 Å². The van der Waals surface area contributed by atoms with Crippen molar-refractivity contribution in [1.82, 2.24) is 0 Å². The molecule has 0 amide bonds. The molecule has 3 nitrogen and oxygen atoms in total. The van der Waals surface area contributed by atoms with Gasteiger partial charge in [-0.2, -0.15) is 5.26 Å². The summed E-state index contributed by atoms with van der Waals surface area (Å²) in [5.74, 6) is 1.63. The van der Waals surface area contributed by atoms with Crippen molar-refractivity contribution >= 4 is 12.0 Å². The van der Waals surface area contributed by atoms with Crippen molar-refractivity contribution in [2.75, 3.05) is 6.54 Å². The predicted octanol–water partition coefficient (Wildman–Crippen LogP) is 3.37. The molecule has 1 heterocycles. The first-order valence-corrected chi connectivity index (χ1v) is 5.92. The lowest BCUT2D eigenvalue weighted by molar-refractivity contribution is 0.373. The summed E-state index contributed by atoms with van der Waals surface area (Å²) in [6, 6.07) is 9.51. The van der Waals surface area contributed by atoms with E-state index in [1.165, 1.54) is 0 Å². The standard InChI is InChI=1S/C15H16N2O/c1-15(2,3)14-17-10-13(18-14)8-11-4-6-12(9-16)7-5-11/h4-8H,10H2,1-3H3/b13-8-. The molecule has 0 atom stereocenters. The van der Waals surface area contributed by atoms with E-state index in [-0.39, 0.29) is 5.41 Å². The second-order valence-electron chi connectivity index (χ2n) is 5.32. The van der Waals surface area contributed by atoms with Gasteiger partial charge in [-0.25, -0.2) is 4.99 Å². The summed E-state index contributed by atoms with van der Waals surface area (Å²) in [7, 11) is 0. The molecule has 0 aliphatic carbocycles. The molecule has 1 aromatic rings. The van der Waals surface area contributed by atoms with Crippen LogP contribution in [0, 0.1) is 16.7 Å². The molecule has 0 N–H and O–H groups in total. The minimum absolute atomic E-state index is 0.0553. The summed E-state index contributed by atoms with van der Waals surface area (Å²) >= 11 is 0. The van der Waals surface area contributed by atoms with Crippen LogP contribution >= 0.6 is 0 Å². The highest BCUT2D eigenvalue weighted by Crippen LogP contribution is 2.25. The molecule has 0 saturated carbocycles. The van der Waals surface area contributed by atoms with Crippen molar-refractivity contribution < 1.29 is 4.74 Å². The first-order valence-electron chi connectivity index (χ1n) is 5.92. The fourth-order valence-electron chi connectivity index (χ4n) is 1.64. The van der Waals surface area contributed by atoms with Crippen molar-refractivity contribution in [2.45, 2.75) is 20.8 Å². The van der Waals surface area contributed by atoms with Gasteiger partial charge in [0.2, 0.25) is 0 Å². The van der Waals surface area contributed by atoms with Crippen molar-refractivity contribution in [3.05, 3.63) is 41.2 Å². The number of rotatable bonds is 1. The second-order valence-corrected chi connectivity index (χ2v) is 5.32. The van der Waals surface area contributed by atoms with Crippen LogP contribution in [0.25, 0.3) is 6.08 Å². The predicted molar refractivity (Wildman–Crippen MR) is 72.0 cm³/mol. The molecule has 0 radical (unpaired) electrons. The smallest absolute Gasteiger partial charge is 0.195 e. The lowest BCUT2D eigenvalue weighted by atomic mass is 9.97.